The number of pyridine rings is 1. The summed E-state index contributed by atoms with van der Waals surface area (Å²) in [7, 11) is -2.87. The molecule has 17 heavy (non-hydrogen) atoms. The summed E-state index contributed by atoms with van der Waals surface area (Å²) in [6.45, 7) is 0. The third-order valence-electron chi connectivity index (χ3n) is 3.01. The van der Waals surface area contributed by atoms with Crippen LogP contribution in [0.5, 0.6) is 0 Å². The van der Waals surface area contributed by atoms with E-state index in [9.17, 15) is 13.2 Å². The van der Waals surface area contributed by atoms with Crippen LogP contribution >= 0.6 is 0 Å². The van der Waals surface area contributed by atoms with E-state index in [0.717, 1.165) is 5.69 Å². The van der Waals surface area contributed by atoms with Crippen molar-refractivity contribution in [2.45, 2.75) is 18.8 Å². The van der Waals surface area contributed by atoms with E-state index < -0.39 is 15.8 Å². The Kier molecular flexibility index (Phi) is 3.15. The highest BCUT2D eigenvalue weighted by molar-refractivity contribution is 7.91. The number of sulfone groups is 1. The molecule has 0 aliphatic carbocycles. The Morgan fingerprint density at radius 3 is 2.41 bits per heavy atom. The van der Waals surface area contributed by atoms with Gasteiger partial charge in [-0.25, -0.2) is 13.2 Å². The Bertz CT molecular complexity index is 507. The second kappa shape index (κ2) is 4.44. The molecule has 0 saturated carbocycles. The lowest BCUT2D eigenvalue weighted by atomic mass is 9.98. The van der Waals surface area contributed by atoms with Gasteiger partial charge in [-0.2, -0.15) is 0 Å². The van der Waals surface area contributed by atoms with Crippen molar-refractivity contribution in [2.24, 2.45) is 0 Å². The number of carbonyl (C=O) groups is 1. The maximum Gasteiger partial charge on any atom is 0.337 e. The summed E-state index contributed by atoms with van der Waals surface area (Å²) >= 11 is 0. The van der Waals surface area contributed by atoms with Crippen LogP contribution in [0.4, 0.5) is 0 Å². The van der Waals surface area contributed by atoms with Crippen LogP contribution in [0.1, 0.15) is 34.8 Å². The van der Waals surface area contributed by atoms with E-state index in [0.29, 0.717) is 12.8 Å². The Labute approximate surface area is 99.4 Å². The summed E-state index contributed by atoms with van der Waals surface area (Å²) in [5.74, 6) is -0.489. The Morgan fingerprint density at radius 2 is 1.94 bits per heavy atom. The van der Waals surface area contributed by atoms with Gasteiger partial charge in [0.05, 0.1) is 17.1 Å². The monoisotopic (exact) mass is 255 g/mol. The summed E-state index contributed by atoms with van der Waals surface area (Å²) in [6.07, 6.45) is 2.46. The summed E-state index contributed by atoms with van der Waals surface area (Å²) < 4.78 is 22.5. The molecular formula is C11H13NO4S. The molecule has 1 aliphatic heterocycles. The minimum Gasteiger partial charge on any atom is -0.478 e. The summed E-state index contributed by atoms with van der Waals surface area (Å²) in [4.78, 5) is 14.8. The first-order valence-electron chi connectivity index (χ1n) is 5.37. The van der Waals surface area contributed by atoms with Gasteiger partial charge in [0.1, 0.15) is 9.84 Å². The minimum absolute atomic E-state index is 0.126. The van der Waals surface area contributed by atoms with Crippen LogP contribution in [-0.2, 0) is 9.84 Å². The standard InChI is InChI=1S/C11H13NO4S/c13-11(14)9-1-2-10(12-7-9)8-3-5-17(15,16)6-4-8/h1-2,7-8H,3-6H2,(H,13,14). The van der Waals surface area contributed by atoms with Crippen LogP contribution in [0.15, 0.2) is 18.3 Å². The Balaban J connectivity index is 2.11. The van der Waals surface area contributed by atoms with E-state index in [1.54, 1.807) is 6.07 Å². The van der Waals surface area contributed by atoms with Gasteiger partial charge in [-0.3, -0.25) is 4.98 Å². The van der Waals surface area contributed by atoms with Gasteiger partial charge in [0, 0.05) is 17.8 Å². The molecule has 1 fully saturated rings. The summed E-state index contributed by atoms with van der Waals surface area (Å²) in [5.41, 5.74) is 0.932. The first-order chi connectivity index (χ1) is 7.98. The molecule has 92 valence electrons. The van der Waals surface area contributed by atoms with Gasteiger partial charge in [0.2, 0.25) is 0 Å². The van der Waals surface area contributed by atoms with Crippen LogP contribution < -0.4 is 0 Å². The molecule has 0 unspecified atom stereocenters. The molecule has 2 rings (SSSR count). The average molecular weight is 255 g/mol. The van der Waals surface area contributed by atoms with Crippen molar-refractivity contribution < 1.29 is 18.3 Å². The molecule has 1 N–H and O–H groups in total. The molecule has 0 spiro atoms. The van der Waals surface area contributed by atoms with Crippen molar-refractivity contribution >= 4 is 15.8 Å². The number of carboxylic acids is 1. The lowest BCUT2D eigenvalue weighted by Crippen LogP contribution is -2.22. The highest BCUT2D eigenvalue weighted by atomic mass is 32.2. The second-order valence-corrected chi connectivity index (χ2v) is 6.51. The maximum atomic E-state index is 11.3. The fraction of sp³-hybridized carbons (Fsp3) is 0.455. The first-order valence-corrected chi connectivity index (χ1v) is 7.20. The topological polar surface area (TPSA) is 84.3 Å². The highest BCUT2D eigenvalue weighted by Crippen LogP contribution is 2.27. The van der Waals surface area contributed by atoms with Crippen LogP contribution in [0.3, 0.4) is 0 Å². The minimum atomic E-state index is -2.87. The molecule has 1 saturated heterocycles. The van der Waals surface area contributed by atoms with Gasteiger partial charge in [-0.1, -0.05) is 0 Å². The quantitative estimate of drug-likeness (QED) is 0.854. The zero-order valence-electron chi connectivity index (χ0n) is 9.17. The molecule has 2 heterocycles. The van der Waals surface area contributed by atoms with Crippen molar-refractivity contribution in [1.82, 2.24) is 4.98 Å². The second-order valence-electron chi connectivity index (χ2n) is 4.20. The Morgan fingerprint density at radius 1 is 1.29 bits per heavy atom. The molecule has 1 aliphatic rings. The molecule has 0 amide bonds. The normalized spacial score (nSPS) is 20.0. The lowest BCUT2D eigenvalue weighted by molar-refractivity contribution is 0.0696. The number of aromatic carboxylic acids is 1. The highest BCUT2D eigenvalue weighted by Gasteiger charge is 2.25. The fourth-order valence-corrected chi connectivity index (χ4v) is 3.45. The number of carboxylic acid groups (broad SMARTS) is 1. The maximum absolute atomic E-state index is 11.3. The van der Waals surface area contributed by atoms with Crippen molar-refractivity contribution in [3.8, 4) is 0 Å². The van der Waals surface area contributed by atoms with E-state index >= 15 is 0 Å². The van der Waals surface area contributed by atoms with Gasteiger partial charge in [0.25, 0.3) is 0 Å². The van der Waals surface area contributed by atoms with Crippen molar-refractivity contribution in [2.75, 3.05) is 11.5 Å². The molecule has 0 radical (unpaired) electrons. The first kappa shape index (κ1) is 12.0. The largest absolute Gasteiger partial charge is 0.478 e. The fourth-order valence-electron chi connectivity index (χ4n) is 1.96. The SMILES string of the molecule is O=C(O)c1ccc(C2CCS(=O)(=O)CC2)nc1. The van der Waals surface area contributed by atoms with E-state index in [1.807, 2.05) is 0 Å². The Hall–Kier alpha value is -1.43. The average Bonchev–Trinajstić information content (AvgIpc) is 2.29. The van der Waals surface area contributed by atoms with Gasteiger partial charge in [-0.05, 0) is 25.0 Å². The number of rotatable bonds is 2. The van der Waals surface area contributed by atoms with Crippen molar-refractivity contribution in [3.05, 3.63) is 29.6 Å². The number of nitrogens with zero attached hydrogens (tertiary/aromatic N) is 1. The molecule has 0 bridgehead atoms. The predicted molar refractivity (Wildman–Crippen MR) is 61.8 cm³/mol. The number of hydrogen-bond donors (Lipinski definition) is 1. The number of hydrogen-bond acceptors (Lipinski definition) is 4. The van der Waals surface area contributed by atoms with Gasteiger partial charge < -0.3 is 5.11 Å². The molecule has 1 aromatic heterocycles. The van der Waals surface area contributed by atoms with E-state index in [1.165, 1.54) is 12.3 Å². The summed E-state index contributed by atoms with van der Waals surface area (Å²) in [6, 6.07) is 3.18. The van der Waals surface area contributed by atoms with Crippen molar-refractivity contribution in [1.29, 1.82) is 0 Å². The zero-order chi connectivity index (χ0) is 12.5. The third kappa shape index (κ3) is 2.82. The van der Waals surface area contributed by atoms with Crippen LogP contribution in [0.2, 0.25) is 0 Å². The zero-order valence-corrected chi connectivity index (χ0v) is 9.98. The van der Waals surface area contributed by atoms with Gasteiger partial charge >= 0.3 is 5.97 Å². The molecule has 0 aromatic carbocycles. The lowest BCUT2D eigenvalue weighted by Gasteiger charge is -2.21. The van der Waals surface area contributed by atoms with Crippen molar-refractivity contribution in [3.63, 3.8) is 0 Å². The predicted octanol–water partition coefficient (Wildman–Crippen LogP) is 1.07. The molecule has 6 heteroatoms. The van der Waals surface area contributed by atoms with Crippen LogP contribution in [0.25, 0.3) is 0 Å². The van der Waals surface area contributed by atoms with Crippen LogP contribution in [-0.4, -0.2) is 36.0 Å². The van der Waals surface area contributed by atoms with E-state index in [-0.39, 0.29) is 23.0 Å². The molecule has 0 atom stereocenters. The smallest absolute Gasteiger partial charge is 0.337 e. The molecule has 5 nitrogen and oxygen atoms in total. The third-order valence-corrected chi connectivity index (χ3v) is 4.72. The van der Waals surface area contributed by atoms with Crippen LogP contribution in [0, 0.1) is 0 Å². The number of aromatic nitrogens is 1. The molecular weight excluding hydrogens is 242 g/mol. The molecule has 1 aromatic rings. The van der Waals surface area contributed by atoms with Gasteiger partial charge in [0.15, 0.2) is 0 Å². The van der Waals surface area contributed by atoms with E-state index in [4.69, 9.17) is 5.11 Å². The van der Waals surface area contributed by atoms with Gasteiger partial charge in [-0.15, -0.1) is 0 Å². The van der Waals surface area contributed by atoms with E-state index in [2.05, 4.69) is 4.98 Å². The summed E-state index contributed by atoms with van der Waals surface area (Å²) in [5, 5.41) is 8.74.